The normalized spacial score (nSPS) is 20.1. The fourth-order valence-corrected chi connectivity index (χ4v) is 4.66. The number of benzene rings is 1. The van der Waals surface area contributed by atoms with Crippen LogP contribution >= 0.6 is 11.6 Å². The highest BCUT2D eigenvalue weighted by Gasteiger charge is 2.50. The molecule has 1 saturated heterocycles. The van der Waals surface area contributed by atoms with Crippen molar-refractivity contribution in [1.82, 2.24) is 24.1 Å². The number of para-hydroxylation sites is 1. The van der Waals surface area contributed by atoms with Gasteiger partial charge in [-0.2, -0.15) is 4.98 Å². The van der Waals surface area contributed by atoms with E-state index in [1.54, 1.807) is 28.5 Å². The number of imidazole rings is 1. The van der Waals surface area contributed by atoms with Crippen molar-refractivity contribution < 1.29 is 14.0 Å². The van der Waals surface area contributed by atoms with Crippen LogP contribution in [0.3, 0.4) is 0 Å². The Bertz CT molecular complexity index is 1360. The lowest BCUT2D eigenvalue weighted by Crippen LogP contribution is -2.28. The minimum absolute atomic E-state index is 0.0285. The second-order valence-electron chi connectivity index (χ2n) is 8.09. The van der Waals surface area contributed by atoms with Gasteiger partial charge in [-0.3, -0.25) is 9.20 Å². The second kappa shape index (κ2) is 6.88. The standard InChI is InChI=1S/C21H20ClN5O4/c1-29-21(7-8-21)20-24-18(25-31-20)15-17-19(28)26(10-12-4-3-9-30-12)16-13(22)5-2-6-14(16)27(17)11-23-15/h2,5-6,11-12H,3-4,7-10H2,1H3. The van der Waals surface area contributed by atoms with Crippen molar-refractivity contribution in [2.75, 3.05) is 13.7 Å². The smallest absolute Gasteiger partial charge is 0.277 e. The summed E-state index contributed by atoms with van der Waals surface area (Å²) in [6.07, 6.45) is 5.11. The Morgan fingerprint density at radius 3 is 2.94 bits per heavy atom. The van der Waals surface area contributed by atoms with E-state index in [9.17, 15) is 4.79 Å². The van der Waals surface area contributed by atoms with Crippen LogP contribution in [0.5, 0.6) is 0 Å². The highest BCUT2D eigenvalue weighted by Crippen LogP contribution is 2.48. The van der Waals surface area contributed by atoms with E-state index < -0.39 is 5.60 Å². The van der Waals surface area contributed by atoms with Crippen LogP contribution in [0.1, 0.15) is 31.6 Å². The second-order valence-corrected chi connectivity index (χ2v) is 8.50. The lowest BCUT2D eigenvalue weighted by Gasteiger charge is -2.16. The Balaban J connectivity index is 1.57. The Morgan fingerprint density at radius 2 is 2.19 bits per heavy atom. The largest absolute Gasteiger partial charge is 0.376 e. The number of nitrogens with zero attached hydrogens (tertiary/aromatic N) is 5. The molecule has 0 bridgehead atoms. The molecule has 0 radical (unpaired) electrons. The summed E-state index contributed by atoms with van der Waals surface area (Å²) >= 11 is 6.53. The van der Waals surface area contributed by atoms with Gasteiger partial charge in [0.05, 0.1) is 28.7 Å². The third-order valence-corrected chi connectivity index (χ3v) is 6.55. The molecule has 6 rings (SSSR count). The van der Waals surface area contributed by atoms with Gasteiger partial charge in [0, 0.05) is 13.7 Å². The summed E-state index contributed by atoms with van der Waals surface area (Å²) in [6, 6.07) is 5.55. The third kappa shape index (κ3) is 2.84. The van der Waals surface area contributed by atoms with E-state index in [-0.39, 0.29) is 17.5 Å². The summed E-state index contributed by atoms with van der Waals surface area (Å²) in [7, 11) is 1.63. The zero-order chi connectivity index (χ0) is 21.2. The van der Waals surface area contributed by atoms with Crippen LogP contribution in [0.4, 0.5) is 0 Å². The van der Waals surface area contributed by atoms with Crippen molar-refractivity contribution in [3.8, 4) is 11.5 Å². The molecule has 4 heterocycles. The summed E-state index contributed by atoms with van der Waals surface area (Å²) in [6.45, 7) is 1.13. The van der Waals surface area contributed by atoms with E-state index in [1.807, 2.05) is 12.1 Å². The molecule has 1 saturated carbocycles. The molecule has 2 aliphatic rings. The summed E-state index contributed by atoms with van der Waals surface area (Å²) in [5, 5.41) is 4.60. The quantitative estimate of drug-likeness (QED) is 0.469. The first-order valence-corrected chi connectivity index (χ1v) is 10.7. The SMILES string of the molecule is COC1(c2nc(-c3ncn4c3c(=O)n(CC3CCCO3)c3c(Cl)cccc34)no2)CC1. The van der Waals surface area contributed by atoms with Gasteiger partial charge in [0.2, 0.25) is 5.82 Å². The Labute approximate surface area is 181 Å². The van der Waals surface area contributed by atoms with Crippen LogP contribution < -0.4 is 5.56 Å². The fraction of sp³-hybridized carbons (Fsp3) is 0.429. The van der Waals surface area contributed by atoms with E-state index in [4.69, 9.17) is 25.6 Å². The maximum atomic E-state index is 13.7. The van der Waals surface area contributed by atoms with Crippen LogP contribution in [0.25, 0.3) is 28.1 Å². The number of rotatable bonds is 5. The van der Waals surface area contributed by atoms with Crippen molar-refractivity contribution in [1.29, 1.82) is 0 Å². The number of aromatic nitrogens is 5. The molecule has 4 aromatic rings. The third-order valence-electron chi connectivity index (χ3n) is 6.24. The van der Waals surface area contributed by atoms with Crippen molar-refractivity contribution in [3.05, 3.63) is 45.8 Å². The number of hydrogen-bond acceptors (Lipinski definition) is 7. The van der Waals surface area contributed by atoms with Crippen molar-refractivity contribution in [2.24, 2.45) is 0 Å². The first-order chi connectivity index (χ1) is 15.1. The molecule has 3 aromatic heterocycles. The molecule has 2 fully saturated rings. The molecular formula is C21H20ClN5O4. The van der Waals surface area contributed by atoms with Gasteiger partial charge >= 0.3 is 0 Å². The van der Waals surface area contributed by atoms with Crippen molar-refractivity contribution >= 4 is 28.2 Å². The summed E-state index contributed by atoms with van der Waals surface area (Å²) in [5.74, 6) is 0.678. The molecular weight excluding hydrogens is 422 g/mol. The molecule has 0 amide bonds. The predicted octanol–water partition coefficient (Wildman–Crippen LogP) is 3.17. The number of methoxy groups -OCH3 is 1. The van der Waals surface area contributed by atoms with E-state index in [0.717, 1.165) is 31.2 Å². The van der Waals surface area contributed by atoms with E-state index >= 15 is 0 Å². The predicted molar refractivity (Wildman–Crippen MR) is 112 cm³/mol. The Kier molecular flexibility index (Phi) is 4.21. The van der Waals surface area contributed by atoms with Gasteiger partial charge in [-0.05, 0) is 37.8 Å². The average molecular weight is 442 g/mol. The molecule has 1 aliphatic heterocycles. The van der Waals surface area contributed by atoms with Gasteiger partial charge in [0.1, 0.15) is 23.1 Å². The van der Waals surface area contributed by atoms with Crippen LogP contribution in [0, 0.1) is 0 Å². The average Bonchev–Trinajstić information content (AvgIpc) is 3.18. The van der Waals surface area contributed by atoms with E-state index in [2.05, 4.69) is 15.1 Å². The topological polar surface area (TPSA) is 96.7 Å². The summed E-state index contributed by atoms with van der Waals surface area (Å²) in [5.41, 5.74) is 1.45. The van der Waals surface area contributed by atoms with Gasteiger partial charge in [-0.25, -0.2) is 4.98 Å². The van der Waals surface area contributed by atoms with Gasteiger partial charge in [-0.1, -0.05) is 22.8 Å². The molecule has 1 unspecified atom stereocenters. The van der Waals surface area contributed by atoms with Gasteiger partial charge in [-0.15, -0.1) is 0 Å². The molecule has 31 heavy (non-hydrogen) atoms. The Hall–Kier alpha value is -2.75. The van der Waals surface area contributed by atoms with Crippen LogP contribution in [0.15, 0.2) is 33.8 Å². The minimum atomic E-state index is -0.513. The highest BCUT2D eigenvalue weighted by molar-refractivity contribution is 6.35. The number of fused-ring (bicyclic) bond motifs is 3. The number of ether oxygens (including phenoxy) is 2. The maximum absolute atomic E-state index is 13.7. The van der Waals surface area contributed by atoms with Gasteiger partial charge in [0.15, 0.2) is 0 Å². The number of halogens is 1. The zero-order valence-corrected chi connectivity index (χ0v) is 17.6. The van der Waals surface area contributed by atoms with E-state index in [0.29, 0.717) is 40.8 Å². The highest BCUT2D eigenvalue weighted by atomic mass is 35.5. The lowest BCUT2D eigenvalue weighted by atomic mass is 10.2. The molecule has 0 spiro atoms. The van der Waals surface area contributed by atoms with E-state index in [1.165, 1.54) is 0 Å². The lowest BCUT2D eigenvalue weighted by molar-refractivity contribution is 0.0492. The summed E-state index contributed by atoms with van der Waals surface area (Å²) < 4.78 is 20.2. The van der Waals surface area contributed by atoms with Crippen LogP contribution in [-0.4, -0.2) is 43.9 Å². The summed E-state index contributed by atoms with van der Waals surface area (Å²) in [4.78, 5) is 22.7. The molecule has 160 valence electrons. The van der Waals surface area contributed by atoms with Crippen LogP contribution in [0.2, 0.25) is 5.02 Å². The Morgan fingerprint density at radius 1 is 1.32 bits per heavy atom. The zero-order valence-electron chi connectivity index (χ0n) is 16.9. The van der Waals surface area contributed by atoms with Gasteiger partial charge in [0.25, 0.3) is 11.4 Å². The molecule has 1 aromatic carbocycles. The fourth-order valence-electron chi connectivity index (χ4n) is 4.38. The molecule has 10 heteroatoms. The first kappa shape index (κ1) is 19.0. The minimum Gasteiger partial charge on any atom is -0.376 e. The monoisotopic (exact) mass is 441 g/mol. The first-order valence-electron chi connectivity index (χ1n) is 10.3. The van der Waals surface area contributed by atoms with Gasteiger partial charge < -0.3 is 18.6 Å². The van der Waals surface area contributed by atoms with Crippen LogP contribution in [-0.2, 0) is 21.6 Å². The number of hydrogen-bond donors (Lipinski definition) is 0. The molecule has 9 nitrogen and oxygen atoms in total. The molecule has 1 aliphatic carbocycles. The van der Waals surface area contributed by atoms with Crippen molar-refractivity contribution in [2.45, 2.75) is 43.9 Å². The maximum Gasteiger partial charge on any atom is 0.277 e. The molecule has 1 atom stereocenters. The van der Waals surface area contributed by atoms with Crippen molar-refractivity contribution in [3.63, 3.8) is 0 Å². The molecule has 0 N–H and O–H groups in total.